The van der Waals surface area contributed by atoms with E-state index in [1.54, 1.807) is 11.4 Å². The quantitative estimate of drug-likeness (QED) is 0.743. The number of alkyl halides is 3. The molecule has 5 nitrogen and oxygen atoms in total. The zero-order chi connectivity index (χ0) is 19.9. The van der Waals surface area contributed by atoms with E-state index in [2.05, 4.69) is 0 Å². The van der Waals surface area contributed by atoms with Crippen LogP contribution in [0.3, 0.4) is 0 Å². The van der Waals surface area contributed by atoms with Gasteiger partial charge in [-0.3, -0.25) is 4.79 Å². The van der Waals surface area contributed by atoms with E-state index in [0.717, 1.165) is 12.8 Å². The van der Waals surface area contributed by atoms with E-state index in [9.17, 15) is 27.9 Å². The first-order valence-corrected chi connectivity index (χ1v) is 8.78. The summed E-state index contributed by atoms with van der Waals surface area (Å²) in [5, 5.41) is 10.9. The minimum Gasteiger partial charge on any atom is -0.493 e. The molecular formula is C19H22F3NO4. The number of carboxylic acids is 1. The first-order chi connectivity index (χ1) is 12.8. The summed E-state index contributed by atoms with van der Waals surface area (Å²) in [6.45, 7) is 0.182. The van der Waals surface area contributed by atoms with Gasteiger partial charge >= 0.3 is 18.1 Å². The average molecular weight is 385 g/mol. The second kappa shape index (κ2) is 9.43. The lowest BCUT2D eigenvalue weighted by Gasteiger charge is -2.21. The maximum absolute atomic E-state index is 12.1. The number of carbonyl (C=O) groups is 2. The smallest absolute Gasteiger partial charge is 0.471 e. The van der Waals surface area contributed by atoms with Gasteiger partial charge in [0.05, 0.1) is 12.2 Å². The molecule has 27 heavy (non-hydrogen) atoms. The van der Waals surface area contributed by atoms with Crippen molar-refractivity contribution in [1.29, 1.82) is 0 Å². The predicted molar refractivity (Wildman–Crippen MR) is 93.6 cm³/mol. The SMILES string of the molecule is O=C(O)c1cc(C=CCNC(=O)C(F)(F)F)cc(OCC2CCCCC2)c1. The highest BCUT2D eigenvalue weighted by Crippen LogP contribution is 2.26. The van der Waals surface area contributed by atoms with Crippen molar-refractivity contribution < 1.29 is 32.6 Å². The summed E-state index contributed by atoms with van der Waals surface area (Å²) in [6, 6.07) is 4.43. The number of carbonyl (C=O) groups excluding carboxylic acids is 1. The van der Waals surface area contributed by atoms with Crippen LogP contribution in [0, 0.1) is 5.92 Å². The van der Waals surface area contributed by atoms with Gasteiger partial charge in [0, 0.05) is 6.54 Å². The fraction of sp³-hybridized carbons (Fsp3) is 0.474. The number of nitrogens with one attached hydrogen (secondary N) is 1. The van der Waals surface area contributed by atoms with E-state index < -0.39 is 18.1 Å². The summed E-state index contributed by atoms with van der Waals surface area (Å²) in [4.78, 5) is 22.0. The summed E-state index contributed by atoms with van der Waals surface area (Å²) < 4.78 is 42.1. The van der Waals surface area contributed by atoms with E-state index in [1.807, 2.05) is 0 Å². The van der Waals surface area contributed by atoms with Gasteiger partial charge in [0.25, 0.3) is 0 Å². The van der Waals surface area contributed by atoms with Crippen LogP contribution < -0.4 is 10.1 Å². The molecule has 1 aliphatic carbocycles. The second-order valence-corrected chi connectivity index (χ2v) is 6.52. The van der Waals surface area contributed by atoms with Gasteiger partial charge in [0.15, 0.2) is 0 Å². The second-order valence-electron chi connectivity index (χ2n) is 6.52. The Morgan fingerprint density at radius 1 is 1.19 bits per heavy atom. The van der Waals surface area contributed by atoms with E-state index in [1.165, 1.54) is 43.5 Å². The summed E-state index contributed by atoms with van der Waals surface area (Å²) in [5.74, 6) is -2.30. The molecule has 1 aliphatic rings. The lowest BCUT2D eigenvalue weighted by Crippen LogP contribution is -2.36. The Balaban J connectivity index is 2.00. The summed E-state index contributed by atoms with van der Waals surface area (Å²) in [5.41, 5.74) is 0.491. The van der Waals surface area contributed by atoms with Crippen molar-refractivity contribution in [3.63, 3.8) is 0 Å². The number of aromatic carboxylic acids is 1. The van der Waals surface area contributed by atoms with Gasteiger partial charge in [-0.25, -0.2) is 4.79 Å². The van der Waals surface area contributed by atoms with Crippen LogP contribution in [0.15, 0.2) is 24.3 Å². The molecule has 1 aromatic rings. The fourth-order valence-corrected chi connectivity index (χ4v) is 2.94. The summed E-state index contributed by atoms with van der Waals surface area (Å²) in [6.07, 6.45) is 3.56. The van der Waals surface area contributed by atoms with Gasteiger partial charge in [-0.15, -0.1) is 0 Å². The van der Waals surface area contributed by atoms with Crippen molar-refractivity contribution in [2.45, 2.75) is 38.3 Å². The number of benzene rings is 1. The third-order valence-electron chi connectivity index (χ3n) is 4.33. The molecule has 2 N–H and O–H groups in total. The van der Waals surface area contributed by atoms with Gasteiger partial charge < -0.3 is 15.2 Å². The van der Waals surface area contributed by atoms with Crippen LogP contribution in [-0.4, -0.2) is 36.3 Å². The zero-order valence-electron chi connectivity index (χ0n) is 14.7. The Bertz CT molecular complexity index is 695. The number of carboxylic acid groups (broad SMARTS) is 1. The van der Waals surface area contributed by atoms with Crippen molar-refractivity contribution >= 4 is 18.0 Å². The molecule has 2 rings (SSSR count). The normalized spacial score (nSPS) is 15.7. The van der Waals surface area contributed by atoms with Crippen LogP contribution >= 0.6 is 0 Å². The van der Waals surface area contributed by atoms with E-state index in [0.29, 0.717) is 23.8 Å². The first kappa shape index (κ1) is 20.8. The number of rotatable bonds is 7. The molecule has 0 unspecified atom stereocenters. The Labute approximate surface area is 155 Å². The standard InChI is InChI=1S/C19H22F3NO4/c20-19(21,22)18(26)23-8-4-7-14-9-15(17(24)25)11-16(10-14)27-12-13-5-2-1-3-6-13/h4,7,9-11,13H,1-3,5-6,8,12H2,(H,23,26)(H,24,25). The van der Waals surface area contributed by atoms with Crippen molar-refractivity contribution in [3.8, 4) is 5.75 Å². The average Bonchev–Trinajstić information content (AvgIpc) is 2.63. The Hall–Kier alpha value is -2.51. The van der Waals surface area contributed by atoms with Crippen molar-refractivity contribution in [2.24, 2.45) is 5.92 Å². The molecule has 0 atom stereocenters. The van der Waals surface area contributed by atoms with Crippen LogP contribution in [0.1, 0.15) is 48.0 Å². The molecule has 0 radical (unpaired) electrons. The molecule has 0 aliphatic heterocycles. The van der Waals surface area contributed by atoms with Crippen LogP contribution in [0.5, 0.6) is 5.75 Å². The molecule has 8 heteroatoms. The number of amides is 1. The maximum Gasteiger partial charge on any atom is 0.471 e. The fourth-order valence-electron chi connectivity index (χ4n) is 2.94. The highest BCUT2D eigenvalue weighted by atomic mass is 19.4. The van der Waals surface area contributed by atoms with Crippen LogP contribution in [-0.2, 0) is 4.79 Å². The maximum atomic E-state index is 12.1. The molecule has 1 saturated carbocycles. The zero-order valence-corrected chi connectivity index (χ0v) is 14.7. The highest BCUT2D eigenvalue weighted by Gasteiger charge is 2.37. The van der Waals surface area contributed by atoms with E-state index in [4.69, 9.17) is 4.74 Å². The minimum atomic E-state index is -4.93. The van der Waals surface area contributed by atoms with Gasteiger partial charge in [0.1, 0.15) is 5.75 Å². The molecule has 1 fully saturated rings. The molecule has 0 spiro atoms. The number of hydrogen-bond donors (Lipinski definition) is 2. The topological polar surface area (TPSA) is 75.6 Å². The van der Waals surface area contributed by atoms with Crippen molar-refractivity contribution in [3.05, 3.63) is 35.4 Å². The van der Waals surface area contributed by atoms with E-state index >= 15 is 0 Å². The molecule has 0 heterocycles. The molecule has 1 aromatic carbocycles. The molecular weight excluding hydrogens is 363 g/mol. The van der Waals surface area contributed by atoms with Crippen LogP contribution in [0.25, 0.3) is 6.08 Å². The van der Waals surface area contributed by atoms with Crippen LogP contribution in [0.4, 0.5) is 13.2 Å². The monoisotopic (exact) mass is 385 g/mol. The van der Waals surface area contributed by atoms with Crippen LogP contribution in [0.2, 0.25) is 0 Å². The summed E-state index contributed by atoms with van der Waals surface area (Å²) in [7, 11) is 0. The van der Waals surface area contributed by atoms with Crippen molar-refractivity contribution in [1.82, 2.24) is 5.32 Å². The van der Waals surface area contributed by atoms with Gasteiger partial charge in [-0.05, 0) is 42.5 Å². The first-order valence-electron chi connectivity index (χ1n) is 8.78. The van der Waals surface area contributed by atoms with Gasteiger partial charge in [-0.2, -0.15) is 13.2 Å². The molecule has 1 amide bonds. The predicted octanol–water partition coefficient (Wildman–Crippen LogP) is 4.04. The highest BCUT2D eigenvalue weighted by molar-refractivity contribution is 5.89. The molecule has 148 valence electrons. The Morgan fingerprint density at radius 3 is 2.52 bits per heavy atom. The molecule has 0 bridgehead atoms. The Kier molecular flexibility index (Phi) is 7.27. The van der Waals surface area contributed by atoms with Gasteiger partial charge in [0.2, 0.25) is 0 Å². The van der Waals surface area contributed by atoms with E-state index in [-0.39, 0.29) is 12.1 Å². The van der Waals surface area contributed by atoms with Crippen molar-refractivity contribution in [2.75, 3.05) is 13.2 Å². The molecule has 0 aromatic heterocycles. The van der Waals surface area contributed by atoms with Gasteiger partial charge in [-0.1, -0.05) is 31.4 Å². The summed E-state index contributed by atoms with van der Waals surface area (Å²) >= 11 is 0. The Morgan fingerprint density at radius 2 is 1.89 bits per heavy atom. The third-order valence-corrected chi connectivity index (χ3v) is 4.33. The number of hydrogen-bond acceptors (Lipinski definition) is 3. The number of ether oxygens (including phenoxy) is 1. The third kappa shape index (κ3) is 6.96. The molecule has 0 saturated heterocycles. The number of halogens is 3. The lowest BCUT2D eigenvalue weighted by molar-refractivity contribution is -0.173. The lowest BCUT2D eigenvalue weighted by atomic mass is 9.90. The minimum absolute atomic E-state index is 0.0233. The largest absolute Gasteiger partial charge is 0.493 e.